The van der Waals surface area contributed by atoms with E-state index in [0.717, 1.165) is 6.42 Å². The predicted molar refractivity (Wildman–Crippen MR) is 76.7 cm³/mol. The van der Waals surface area contributed by atoms with E-state index < -0.39 is 10.0 Å². The molecule has 110 valence electrons. The number of benzene rings is 1. The summed E-state index contributed by atoms with van der Waals surface area (Å²) >= 11 is 0. The molecule has 5 nitrogen and oxygen atoms in total. The van der Waals surface area contributed by atoms with Crippen molar-refractivity contribution in [1.29, 1.82) is 5.26 Å². The van der Waals surface area contributed by atoms with Crippen LogP contribution in [0, 0.1) is 11.3 Å². The normalized spacial score (nSPS) is 11.5. The van der Waals surface area contributed by atoms with Crippen LogP contribution in [0.5, 0.6) is 0 Å². The molecule has 6 heteroatoms. The van der Waals surface area contributed by atoms with E-state index >= 15 is 0 Å². The van der Waals surface area contributed by atoms with Gasteiger partial charge in [-0.3, -0.25) is 0 Å². The fourth-order valence-electron chi connectivity index (χ4n) is 1.57. The SMILES string of the molecule is CC(C)OCCCCNS(=O)(=O)c1cccc(C#N)c1. The molecule has 0 aliphatic carbocycles. The quantitative estimate of drug-likeness (QED) is 0.745. The summed E-state index contributed by atoms with van der Waals surface area (Å²) in [4.78, 5) is 0.120. The van der Waals surface area contributed by atoms with Gasteiger partial charge in [-0.05, 0) is 44.9 Å². The first-order chi connectivity index (χ1) is 9.45. The molecule has 0 bridgehead atoms. The molecule has 1 aromatic carbocycles. The molecular formula is C14H20N2O3S. The van der Waals surface area contributed by atoms with Crippen molar-refractivity contribution in [1.82, 2.24) is 4.72 Å². The third kappa shape index (κ3) is 5.70. The van der Waals surface area contributed by atoms with Crippen molar-refractivity contribution in [2.75, 3.05) is 13.2 Å². The number of ether oxygens (including phenoxy) is 1. The van der Waals surface area contributed by atoms with E-state index in [-0.39, 0.29) is 11.0 Å². The van der Waals surface area contributed by atoms with Gasteiger partial charge in [0.15, 0.2) is 0 Å². The average molecular weight is 296 g/mol. The fourth-order valence-corrected chi connectivity index (χ4v) is 2.69. The zero-order chi connectivity index (χ0) is 15.0. The Morgan fingerprint density at radius 2 is 2.10 bits per heavy atom. The number of nitrogens with zero attached hydrogens (tertiary/aromatic N) is 1. The number of nitriles is 1. The lowest BCUT2D eigenvalue weighted by molar-refractivity contribution is 0.0762. The van der Waals surface area contributed by atoms with Gasteiger partial charge in [0.1, 0.15) is 0 Å². The maximum absolute atomic E-state index is 12.0. The van der Waals surface area contributed by atoms with Crippen molar-refractivity contribution >= 4 is 10.0 Å². The molecule has 0 aliphatic rings. The summed E-state index contributed by atoms with van der Waals surface area (Å²) in [5.74, 6) is 0. The van der Waals surface area contributed by atoms with E-state index in [1.54, 1.807) is 12.1 Å². The molecule has 0 fully saturated rings. The number of hydrogen-bond acceptors (Lipinski definition) is 4. The molecule has 0 heterocycles. The molecule has 0 aromatic heterocycles. The van der Waals surface area contributed by atoms with Crippen LogP contribution in [0.15, 0.2) is 29.2 Å². The summed E-state index contributed by atoms with van der Waals surface area (Å²) in [6.07, 6.45) is 1.71. The van der Waals surface area contributed by atoms with E-state index in [2.05, 4.69) is 4.72 Å². The van der Waals surface area contributed by atoms with Crippen LogP contribution >= 0.6 is 0 Å². The van der Waals surface area contributed by atoms with Crippen molar-refractivity contribution in [2.24, 2.45) is 0 Å². The maximum atomic E-state index is 12.0. The minimum Gasteiger partial charge on any atom is -0.379 e. The molecular weight excluding hydrogens is 276 g/mol. The minimum atomic E-state index is -3.54. The Kier molecular flexibility index (Phi) is 6.65. The van der Waals surface area contributed by atoms with Gasteiger partial charge in [-0.1, -0.05) is 6.07 Å². The van der Waals surface area contributed by atoms with Gasteiger partial charge in [-0.2, -0.15) is 5.26 Å². The van der Waals surface area contributed by atoms with Gasteiger partial charge in [0.25, 0.3) is 0 Å². The fraction of sp³-hybridized carbons (Fsp3) is 0.500. The lowest BCUT2D eigenvalue weighted by atomic mass is 10.2. The molecule has 0 atom stereocenters. The third-order valence-corrected chi connectivity index (χ3v) is 4.05. The van der Waals surface area contributed by atoms with Crippen molar-refractivity contribution in [3.63, 3.8) is 0 Å². The average Bonchev–Trinajstić information content (AvgIpc) is 2.42. The molecule has 1 N–H and O–H groups in total. The van der Waals surface area contributed by atoms with Gasteiger partial charge in [-0.25, -0.2) is 13.1 Å². The third-order valence-electron chi connectivity index (χ3n) is 2.59. The van der Waals surface area contributed by atoms with Crippen LogP contribution in [0.2, 0.25) is 0 Å². The Bertz CT molecular complexity index is 562. The van der Waals surface area contributed by atoms with Crippen LogP contribution in [-0.2, 0) is 14.8 Å². The van der Waals surface area contributed by atoms with Crippen LogP contribution in [0.3, 0.4) is 0 Å². The van der Waals surface area contributed by atoms with Gasteiger partial charge >= 0.3 is 0 Å². The van der Waals surface area contributed by atoms with Crippen molar-refractivity contribution in [3.8, 4) is 6.07 Å². The number of unbranched alkanes of at least 4 members (excludes halogenated alkanes) is 1. The zero-order valence-corrected chi connectivity index (χ0v) is 12.6. The van der Waals surface area contributed by atoms with E-state index in [1.807, 2.05) is 19.9 Å². The zero-order valence-electron chi connectivity index (χ0n) is 11.8. The predicted octanol–water partition coefficient (Wildman–Crippen LogP) is 2.04. The second kappa shape index (κ2) is 8.00. The minimum absolute atomic E-state index is 0.120. The highest BCUT2D eigenvalue weighted by Gasteiger charge is 2.13. The molecule has 0 amide bonds. The molecule has 0 aliphatic heterocycles. The summed E-state index contributed by atoms with van der Waals surface area (Å²) < 4.78 is 31.9. The Morgan fingerprint density at radius 1 is 1.35 bits per heavy atom. The number of hydrogen-bond donors (Lipinski definition) is 1. The van der Waals surface area contributed by atoms with Gasteiger partial charge in [0, 0.05) is 13.2 Å². The van der Waals surface area contributed by atoms with E-state index in [1.165, 1.54) is 12.1 Å². The molecule has 1 aromatic rings. The van der Waals surface area contributed by atoms with E-state index in [4.69, 9.17) is 10.00 Å². The van der Waals surface area contributed by atoms with Crippen LogP contribution in [0.1, 0.15) is 32.3 Å². The van der Waals surface area contributed by atoms with Crippen LogP contribution in [-0.4, -0.2) is 27.7 Å². The maximum Gasteiger partial charge on any atom is 0.240 e. The summed E-state index contributed by atoms with van der Waals surface area (Å²) in [6.45, 7) is 4.92. The first-order valence-electron chi connectivity index (χ1n) is 6.57. The molecule has 20 heavy (non-hydrogen) atoms. The molecule has 0 spiro atoms. The Labute approximate surface area is 120 Å². The van der Waals surface area contributed by atoms with Gasteiger partial charge in [0.2, 0.25) is 10.0 Å². The Balaban J connectivity index is 2.44. The van der Waals surface area contributed by atoms with Crippen LogP contribution < -0.4 is 4.72 Å². The number of nitrogens with one attached hydrogen (secondary N) is 1. The molecule has 0 saturated heterocycles. The Morgan fingerprint density at radius 3 is 2.75 bits per heavy atom. The highest BCUT2D eigenvalue weighted by atomic mass is 32.2. The second-order valence-electron chi connectivity index (χ2n) is 4.66. The van der Waals surface area contributed by atoms with Crippen molar-refractivity contribution in [3.05, 3.63) is 29.8 Å². The monoisotopic (exact) mass is 296 g/mol. The molecule has 0 unspecified atom stereocenters. The topological polar surface area (TPSA) is 79.2 Å². The van der Waals surface area contributed by atoms with Gasteiger partial charge in [0.05, 0.1) is 22.6 Å². The molecule has 0 saturated carbocycles. The van der Waals surface area contributed by atoms with Gasteiger partial charge in [-0.15, -0.1) is 0 Å². The lowest BCUT2D eigenvalue weighted by Gasteiger charge is -2.08. The summed E-state index contributed by atoms with van der Waals surface area (Å²) in [5, 5.41) is 8.77. The molecule has 1 rings (SSSR count). The first kappa shape index (κ1) is 16.6. The second-order valence-corrected chi connectivity index (χ2v) is 6.43. The summed E-state index contributed by atoms with van der Waals surface area (Å²) in [6, 6.07) is 7.90. The largest absolute Gasteiger partial charge is 0.379 e. The Hall–Kier alpha value is -1.42. The van der Waals surface area contributed by atoms with Crippen LogP contribution in [0.4, 0.5) is 0 Å². The smallest absolute Gasteiger partial charge is 0.240 e. The molecule has 0 radical (unpaired) electrons. The summed E-state index contributed by atoms with van der Waals surface area (Å²) in [7, 11) is -3.54. The number of sulfonamides is 1. The first-order valence-corrected chi connectivity index (χ1v) is 8.05. The number of rotatable bonds is 8. The summed E-state index contributed by atoms with van der Waals surface area (Å²) in [5.41, 5.74) is 0.332. The van der Waals surface area contributed by atoms with Crippen molar-refractivity contribution in [2.45, 2.75) is 37.7 Å². The van der Waals surface area contributed by atoms with E-state index in [0.29, 0.717) is 25.1 Å². The van der Waals surface area contributed by atoms with Gasteiger partial charge < -0.3 is 4.74 Å². The van der Waals surface area contributed by atoms with Crippen molar-refractivity contribution < 1.29 is 13.2 Å². The van der Waals surface area contributed by atoms with E-state index in [9.17, 15) is 8.42 Å². The standard InChI is InChI=1S/C14H20N2O3S/c1-12(2)19-9-4-3-8-16-20(17,18)14-7-5-6-13(10-14)11-15/h5-7,10,12,16H,3-4,8-9H2,1-2H3. The lowest BCUT2D eigenvalue weighted by Crippen LogP contribution is -2.25. The van der Waals surface area contributed by atoms with Crippen LogP contribution in [0.25, 0.3) is 0 Å². The highest BCUT2D eigenvalue weighted by molar-refractivity contribution is 7.89. The highest BCUT2D eigenvalue weighted by Crippen LogP contribution is 2.10.